The van der Waals surface area contributed by atoms with Crippen LogP contribution in [0.2, 0.25) is 5.02 Å². The Labute approximate surface area is 167 Å². The van der Waals surface area contributed by atoms with Gasteiger partial charge < -0.3 is 4.57 Å². The number of halogens is 2. The molecule has 5 rings (SSSR count). The Hall–Kier alpha value is -1.29. The third kappa shape index (κ3) is 2.64. The van der Waals surface area contributed by atoms with Gasteiger partial charge in [0.05, 0.1) is 0 Å². The Morgan fingerprint density at radius 2 is 1.92 bits per heavy atom. The molecule has 0 radical (unpaired) electrons. The second-order valence-corrected chi connectivity index (χ2v) is 9.02. The molecule has 134 valence electrons. The van der Waals surface area contributed by atoms with E-state index in [9.17, 15) is 0 Å². The van der Waals surface area contributed by atoms with E-state index in [1.807, 2.05) is 12.1 Å². The summed E-state index contributed by atoms with van der Waals surface area (Å²) in [6, 6.07) is 16.3. The van der Waals surface area contributed by atoms with Crippen LogP contribution >= 0.6 is 27.5 Å². The molecule has 2 aromatic carbocycles. The van der Waals surface area contributed by atoms with Gasteiger partial charge in [0.25, 0.3) is 0 Å². The third-order valence-electron chi connectivity index (χ3n) is 6.32. The van der Waals surface area contributed by atoms with E-state index in [4.69, 9.17) is 11.6 Å². The number of nitrogens with zero attached hydrogens (tertiary/aromatic N) is 2. The van der Waals surface area contributed by atoms with Crippen molar-refractivity contribution in [3.05, 3.63) is 68.8 Å². The summed E-state index contributed by atoms with van der Waals surface area (Å²) in [5.74, 6) is 0. The molecular weight excluding hydrogens is 408 g/mol. The van der Waals surface area contributed by atoms with E-state index in [0.29, 0.717) is 12.1 Å². The minimum atomic E-state index is 0.581. The Kier molecular flexibility index (Phi) is 4.15. The van der Waals surface area contributed by atoms with Gasteiger partial charge in [-0.3, -0.25) is 4.90 Å². The van der Waals surface area contributed by atoms with Crippen LogP contribution < -0.4 is 0 Å². The Balaban J connectivity index is 1.59. The van der Waals surface area contributed by atoms with E-state index >= 15 is 0 Å². The Morgan fingerprint density at radius 1 is 1.12 bits per heavy atom. The van der Waals surface area contributed by atoms with Gasteiger partial charge in [0.1, 0.15) is 0 Å². The van der Waals surface area contributed by atoms with Crippen molar-refractivity contribution < 1.29 is 0 Å². The van der Waals surface area contributed by atoms with Crippen LogP contribution in [0.1, 0.15) is 35.7 Å². The summed E-state index contributed by atoms with van der Waals surface area (Å²) in [7, 11) is 2.31. The molecule has 0 saturated carbocycles. The number of likely N-dealkylation sites (N-methyl/N-ethyl adjacent to an activating group) is 1. The van der Waals surface area contributed by atoms with Crippen molar-refractivity contribution in [2.24, 2.45) is 0 Å². The maximum Gasteiger partial charge on any atom is 0.0486 e. The summed E-state index contributed by atoms with van der Waals surface area (Å²) < 4.78 is 3.76. The quantitative estimate of drug-likeness (QED) is 0.496. The van der Waals surface area contributed by atoms with Crippen molar-refractivity contribution in [2.45, 2.75) is 44.3 Å². The van der Waals surface area contributed by atoms with Crippen molar-refractivity contribution in [3.63, 3.8) is 0 Å². The maximum absolute atomic E-state index is 6.04. The minimum Gasteiger partial charge on any atom is -0.344 e. The summed E-state index contributed by atoms with van der Waals surface area (Å²) in [6.45, 7) is 1.03. The van der Waals surface area contributed by atoms with Crippen molar-refractivity contribution in [2.75, 3.05) is 7.05 Å². The van der Waals surface area contributed by atoms with Crippen LogP contribution in [0.3, 0.4) is 0 Å². The van der Waals surface area contributed by atoms with Crippen molar-refractivity contribution in [3.8, 4) is 0 Å². The zero-order valence-corrected chi connectivity index (χ0v) is 17.2. The molecule has 2 aliphatic rings. The van der Waals surface area contributed by atoms with Gasteiger partial charge >= 0.3 is 0 Å². The van der Waals surface area contributed by atoms with Crippen LogP contribution in [0.5, 0.6) is 0 Å². The van der Waals surface area contributed by atoms with Crippen LogP contribution in [0.15, 0.2) is 46.9 Å². The van der Waals surface area contributed by atoms with Gasteiger partial charge in [-0.2, -0.15) is 0 Å². The third-order valence-corrected chi connectivity index (χ3v) is 7.06. The van der Waals surface area contributed by atoms with E-state index in [1.165, 1.54) is 40.2 Å². The van der Waals surface area contributed by atoms with Gasteiger partial charge in [0.15, 0.2) is 0 Å². The highest BCUT2D eigenvalue weighted by molar-refractivity contribution is 9.10. The molecule has 2 atom stereocenters. The average molecular weight is 430 g/mol. The van der Waals surface area contributed by atoms with Crippen LogP contribution in [0, 0.1) is 0 Å². The number of aryl methyl sites for hydroxylation is 2. The molecule has 0 spiro atoms. The van der Waals surface area contributed by atoms with Gasteiger partial charge in [0, 0.05) is 51.1 Å². The molecule has 0 unspecified atom stereocenters. The van der Waals surface area contributed by atoms with Gasteiger partial charge in [-0.05, 0) is 67.8 Å². The van der Waals surface area contributed by atoms with Crippen LogP contribution in [-0.2, 0) is 19.4 Å². The lowest BCUT2D eigenvalue weighted by Gasteiger charge is -2.32. The van der Waals surface area contributed by atoms with Gasteiger partial charge in [-0.15, -0.1) is 0 Å². The summed E-state index contributed by atoms with van der Waals surface area (Å²) >= 11 is 9.72. The van der Waals surface area contributed by atoms with Crippen molar-refractivity contribution in [1.82, 2.24) is 9.47 Å². The lowest BCUT2D eigenvalue weighted by molar-refractivity contribution is 0.222. The van der Waals surface area contributed by atoms with Gasteiger partial charge in [0.2, 0.25) is 0 Å². The number of hydrogen-bond acceptors (Lipinski definition) is 1. The van der Waals surface area contributed by atoms with E-state index in [1.54, 1.807) is 11.3 Å². The molecule has 1 aromatic heterocycles. The topological polar surface area (TPSA) is 8.17 Å². The lowest BCUT2D eigenvalue weighted by Crippen LogP contribution is -2.34. The first-order valence-corrected chi connectivity index (χ1v) is 10.6. The molecule has 4 heteroatoms. The second kappa shape index (κ2) is 6.40. The largest absolute Gasteiger partial charge is 0.344 e. The van der Waals surface area contributed by atoms with Gasteiger partial charge in [-0.25, -0.2) is 0 Å². The molecule has 1 saturated heterocycles. The minimum absolute atomic E-state index is 0.581. The van der Waals surface area contributed by atoms with Crippen molar-refractivity contribution >= 4 is 38.4 Å². The highest BCUT2D eigenvalue weighted by atomic mass is 79.9. The second-order valence-electron chi connectivity index (χ2n) is 7.67. The van der Waals surface area contributed by atoms with Gasteiger partial charge in [-0.1, -0.05) is 39.7 Å². The molecule has 2 bridgehead atoms. The van der Waals surface area contributed by atoms with Crippen LogP contribution in [0.25, 0.3) is 10.9 Å². The highest BCUT2D eigenvalue weighted by Crippen LogP contribution is 2.47. The summed E-state index contributed by atoms with van der Waals surface area (Å²) in [5.41, 5.74) is 5.87. The Morgan fingerprint density at radius 3 is 2.73 bits per heavy atom. The fraction of sp³-hybridized carbons (Fsp3) is 0.364. The predicted octanol–water partition coefficient (Wildman–Crippen LogP) is 5.99. The smallest absolute Gasteiger partial charge is 0.0486 e. The fourth-order valence-electron chi connectivity index (χ4n) is 4.97. The SMILES string of the molecule is CN1[C@@H]2CC[C@H]1c1c(n(CCc3ccc(Cl)cc3)c3ccc(Br)cc13)C2. The standard InChI is InChI=1S/C22H22BrClN2/c1-25-17-7-9-20(25)22-18-12-15(23)4-8-19(18)26(21(22)13-17)11-10-14-2-5-16(24)6-3-14/h2-6,8,12,17,20H,7,9-11,13H2,1H3/t17-,20+/m1/s1. The molecule has 0 aliphatic carbocycles. The number of benzene rings is 2. The van der Waals surface area contributed by atoms with Crippen LogP contribution in [-0.4, -0.2) is 22.6 Å². The zero-order chi connectivity index (χ0) is 17.8. The van der Waals surface area contributed by atoms with Crippen molar-refractivity contribution in [1.29, 1.82) is 0 Å². The predicted molar refractivity (Wildman–Crippen MR) is 112 cm³/mol. The molecule has 1 fully saturated rings. The maximum atomic E-state index is 6.04. The van der Waals surface area contributed by atoms with E-state index < -0.39 is 0 Å². The number of hydrogen-bond donors (Lipinski definition) is 0. The molecule has 0 amide bonds. The number of fused-ring (bicyclic) bond motifs is 6. The lowest BCUT2D eigenvalue weighted by atomic mass is 9.97. The zero-order valence-electron chi connectivity index (χ0n) is 14.9. The number of rotatable bonds is 3. The summed E-state index contributed by atoms with van der Waals surface area (Å²) in [6.07, 6.45) is 4.82. The molecule has 2 aliphatic heterocycles. The fourth-order valence-corrected chi connectivity index (χ4v) is 5.46. The number of aromatic nitrogens is 1. The monoisotopic (exact) mass is 428 g/mol. The first-order chi connectivity index (χ1) is 12.6. The van der Waals surface area contributed by atoms with E-state index in [-0.39, 0.29) is 0 Å². The summed E-state index contributed by atoms with van der Waals surface area (Å²) in [4.78, 5) is 2.60. The Bertz CT molecular complexity index is 976. The molecule has 3 aromatic rings. The van der Waals surface area contributed by atoms with E-state index in [0.717, 1.165) is 18.0 Å². The summed E-state index contributed by atoms with van der Waals surface area (Å²) in [5, 5.41) is 2.24. The highest BCUT2D eigenvalue weighted by Gasteiger charge is 2.40. The van der Waals surface area contributed by atoms with E-state index in [2.05, 4.69) is 62.8 Å². The normalized spacial score (nSPS) is 22.1. The molecule has 0 N–H and O–H groups in total. The molecule has 2 nitrogen and oxygen atoms in total. The first kappa shape index (κ1) is 16.9. The molecular formula is C22H22BrClN2. The molecule has 3 heterocycles. The molecule has 26 heavy (non-hydrogen) atoms. The average Bonchev–Trinajstić information content (AvgIpc) is 3.04. The first-order valence-electron chi connectivity index (χ1n) is 9.38. The van der Waals surface area contributed by atoms with Crippen LogP contribution in [0.4, 0.5) is 0 Å².